The molecule has 0 aromatic rings. The number of hydrazone groups is 1. The molecule has 1 aliphatic rings. The molecule has 0 spiro atoms. The minimum Gasteiger partial charge on any atom is -0.167 e. The number of unbranched alkanes of at least 4 members (excludes halogenated alkanes) is 4. The van der Waals surface area contributed by atoms with Gasteiger partial charge in [0, 0.05) is 21.4 Å². The average Bonchev–Trinajstić information content (AvgIpc) is 3.00. The minimum absolute atomic E-state index is 0.317. The van der Waals surface area contributed by atoms with E-state index in [9.17, 15) is 0 Å². The second-order valence-electron chi connectivity index (χ2n) is 7.75. The maximum absolute atomic E-state index is 4.57. The van der Waals surface area contributed by atoms with E-state index >= 15 is 0 Å². The lowest BCUT2D eigenvalue weighted by Gasteiger charge is -2.25. The molecule has 0 aromatic heterocycles. The Morgan fingerprint density at radius 1 is 0.920 bits per heavy atom. The maximum Gasteiger partial charge on any atom is 0.120 e. The summed E-state index contributed by atoms with van der Waals surface area (Å²) in [6.45, 7) is 14.0. The third kappa shape index (κ3) is 11.6. The molecule has 0 fully saturated rings. The molecule has 7 heteroatoms. The van der Waals surface area contributed by atoms with Crippen LogP contribution in [0.2, 0.25) is 0 Å². The Balaban J connectivity index is 2.22. The first kappa shape index (κ1) is 24.3. The lowest BCUT2D eigenvalue weighted by molar-refractivity contribution is 0.575. The molecule has 148 valence electrons. The molecule has 0 aliphatic carbocycles. The summed E-state index contributed by atoms with van der Waals surface area (Å²) in [5.74, 6) is 0. The summed E-state index contributed by atoms with van der Waals surface area (Å²) in [7, 11) is 7.75. The maximum atomic E-state index is 4.57. The molecule has 0 bridgehead atoms. The van der Waals surface area contributed by atoms with Gasteiger partial charge in [-0.3, -0.25) is 0 Å². The Morgan fingerprint density at radius 2 is 1.48 bits per heavy atom. The lowest BCUT2D eigenvalue weighted by atomic mass is 10.0. The van der Waals surface area contributed by atoms with Crippen LogP contribution in [0.4, 0.5) is 0 Å². The molecule has 0 radical (unpaired) electrons. The molecule has 1 aliphatic heterocycles. The topological polar surface area (TPSA) is 15.6 Å². The smallest absolute Gasteiger partial charge is 0.120 e. The summed E-state index contributed by atoms with van der Waals surface area (Å²) in [5, 5.41) is 4.57. The van der Waals surface area contributed by atoms with Gasteiger partial charge in [0.2, 0.25) is 0 Å². The first-order chi connectivity index (χ1) is 11.8. The van der Waals surface area contributed by atoms with Crippen LogP contribution in [0.1, 0.15) is 92.9 Å². The van der Waals surface area contributed by atoms with Crippen LogP contribution >= 0.6 is 55.3 Å². The average molecular weight is 441 g/mol. The molecule has 0 amide bonds. The molecular formula is C18H36N2S5. The van der Waals surface area contributed by atoms with E-state index in [-0.39, 0.29) is 0 Å². The monoisotopic (exact) mass is 440 g/mol. The highest BCUT2D eigenvalue weighted by Gasteiger charge is 2.27. The highest BCUT2D eigenvalue weighted by Crippen LogP contribution is 2.50. The van der Waals surface area contributed by atoms with E-state index in [4.69, 9.17) is 0 Å². The summed E-state index contributed by atoms with van der Waals surface area (Å²) in [6, 6.07) is 0. The van der Waals surface area contributed by atoms with Crippen LogP contribution < -0.4 is 0 Å². The number of hydrogen-bond acceptors (Lipinski definition) is 7. The Kier molecular flexibility index (Phi) is 12.3. The van der Waals surface area contributed by atoms with Gasteiger partial charge in [0.1, 0.15) is 4.58 Å². The third-order valence-corrected chi connectivity index (χ3v) is 12.5. The van der Waals surface area contributed by atoms with Crippen molar-refractivity contribution in [1.82, 2.24) is 3.82 Å². The van der Waals surface area contributed by atoms with Gasteiger partial charge in [0.15, 0.2) is 0 Å². The van der Waals surface area contributed by atoms with Gasteiger partial charge in [-0.15, -0.1) is 0 Å². The van der Waals surface area contributed by atoms with E-state index in [2.05, 4.69) is 56.7 Å². The van der Waals surface area contributed by atoms with Crippen molar-refractivity contribution in [3.05, 3.63) is 0 Å². The number of rotatable bonds is 14. The molecule has 1 rings (SSSR count). The van der Waals surface area contributed by atoms with Crippen LogP contribution in [0.25, 0.3) is 0 Å². The minimum atomic E-state index is 0.317. The fourth-order valence-electron chi connectivity index (χ4n) is 2.33. The van der Waals surface area contributed by atoms with E-state index in [0.717, 1.165) is 0 Å². The summed E-state index contributed by atoms with van der Waals surface area (Å²) in [5.41, 5.74) is 0. The first-order valence-electron chi connectivity index (χ1n) is 9.49. The Bertz CT molecular complexity index is 354. The second-order valence-corrected chi connectivity index (χ2v) is 15.1. The van der Waals surface area contributed by atoms with Crippen LogP contribution in [-0.4, -0.2) is 24.1 Å². The predicted octanol–water partition coefficient (Wildman–Crippen LogP) is 8.66. The molecule has 0 aromatic carbocycles. The van der Waals surface area contributed by atoms with Crippen molar-refractivity contribution >= 4 is 61.5 Å². The van der Waals surface area contributed by atoms with E-state index in [1.165, 1.54) is 51.4 Å². The summed E-state index contributed by atoms with van der Waals surface area (Å²) in [6.07, 6.45) is 12.6. The number of hydrogen-bond donors (Lipinski definition) is 0. The van der Waals surface area contributed by atoms with Gasteiger partial charge < -0.3 is 0 Å². The Labute approximate surface area is 176 Å². The molecule has 0 saturated carbocycles. The standard InChI is InChI=1S/C18H36N2S5/c1-7-9-11-13-17(3,4)23-22-16-15-19-20(21-16)25-24-18(5,6)14-12-10-8-2/h15-16H,7-14H2,1-6H3. The first-order valence-corrected chi connectivity index (χ1v) is 14.6. The van der Waals surface area contributed by atoms with E-state index in [0.29, 0.717) is 14.1 Å². The largest absolute Gasteiger partial charge is 0.167 e. The van der Waals surface area contributed by atoms with Crippen molar-refractivity contribution in [2.75, 3.05) is 0 Å². The van der Waals surface area contributed by atoms with Crippen molar-refractivity contribution in [2.24, 2.45) is 5.10 Å². The van der Waals surface area contributed by atoms with Crippen LogP contribution in [0.15, 0.2) is 5.10 Å². The molecule has 0 saturated heterocycles. The van der Waals surface area contributed by atoms with Crippen molar-refractivity contribution in [1.29, 1.82) is 0 Å². The molecule has 1 unspecified atom stereocenters. The lowest BCUT2D eigenvalue weighted by Crippen LogP contribution is -2.14. The van der Waals surface area contributed by atoms with Crippen molar-refractivity contribution in [3.8, 4) is 0 Å². The zero-order valence-electron chi connectivity index (χ0n) is 16.7. The fourth-order valence-corrected chi connectivity index (χ4v) is 8.85. The van der Waals surface area contributed by atoms with Crippen LogP contribution in [0, 0.1) is 0 Å². The van der Waals surface area contributed by atoms with Gasteiger partial charge in [-0.25, -0.2) is 0 Å². The zero-order valence-corrected chi connectivity index (χ0v) is 20.8. The second kappa shape index (κ2) is 12.6. The normalized spacial score (nSPS) is 18.3. The van der Waals surface area contributed by atoms with Crippen LogP contribution in [0.5, 0.6) is 0 Å². The zero-order chi connectivity index (χ0) is 18.8. The van der Waals surface area contributed by atoms with Crippen LogP contribution in [0.3, 0.4) is 0 Å². The van der Waals surface area contributed by atoms with E-state index in [1.54, 1.807) is 11.0 Å². The summed E-state index contributed by atoms with van der Waals surface area (Å²) < 4.78 is 3.20. The highest BCUT2D eigenvalue weighted by atomic mass is 33.1. The van der Waals surface area contributed by atoms with Gasteiger partial charge >= 0.3 is 0 Å². The van der Waals surface area contributed by atoms with E-state index < -0.39 is 0 Å². The molecule has 1 heterocycles. The fraction of sp³-hybridized carbons (Fsp3) is 0.944. The summed E-state index contributed by atoms with van der Waals surface area (Å²) in [4.78, 5) is 0. The van der Waals surface area contributed by atoms with E-state index in [1.807, 2.05) is 44.3 Å². The van der Waals surface area contributed by atoms with Gasteiger partial charge in [-0.05, 0) is 40.5 Å². The van der Waals surface area contributed by atoms with Gasteiger partial charge in [0.05, 0.1) is 17.2 Å². The van der Waals surface area contributed by atoms with Gasteiger partial charge in [-0.2, -0.15) is 8.92 Å². The van der Waals surface area contributed by atoms with Crippen molar-refractivity contribution in [2.45, 2.75) is 107 Å². The highest BCUT2D eigenvalue weighted by molar-refractivity contribution is 8.80. The van der Waals surface area contributed by atoms with Crippen LogP contribution in [-0.2, 0) is 0 Å². The van der Waals surface area contributed by atoms with Crippen molar-refractivity contribution < 1.29 is 0 Å². The Morgan fingerprint density at radius 3 is 2.04 bits per heavy atom. The number of nitrogens with zero attached hydrogens (tertiary/aromatic N) is 2. The Hall–Kier alpha value is 1.22. The molecular weight excluding hydrogens is 405 g/mol. The van der Waals surface area contributed by atoms with Crippen molar-refractivity contribution in [3.63, 3.8) is 0 Å². The molecule has 2 nitrogen and oxygen atoms in total. The van der Waals surface area contributed by atoms with Gasteiger partial charge in [-0.1, -0.05) is 84.8 Å². The SMILES string of the molecule is CCCCCC(C)(C)SSC1C=NN(SSC(C)(C)CCCCC)S1. The molecule has 1 atom stereocenters. The van der Waals surface area contributed by atoms with Gasteiger partial charge in [0.25, 0.3) is 0 Å². The molecule has 0 N–H and O–H groups in total. The quantitative estimate of drug-likeness (QED) is 0.151. The predicted molar refractivity (Wildman–Crippen MR) is 129 cm³/mol. The summed E-state index contributed by atoms with van der Waals surface area (Å²) >= 11 is 1.84. The third-order valence-electron chi connectivity index (χ3n) is 3.94. The molecule has 25 heavy (non-hydrogen) atoms.